The maximum atomic E-state index is 8.65. The Bertz CT molecular complexity index is 343. The summed E-state index contributed by atoms with van der Waals surface area (Å²) < 4.78 is 104. The Balaban J connectivity index is -0.0000000400. The van der Waals surface area contributed by atoms with Crippen molar-refractivity contribution in [2.75, 3.05) is 0 Å². The fourth-order valence-electron chi connectivity index (χ4n) is 0. The molecule has 0 rings (SSSR count). The molecule has 0 radical (unpaired) electrons. The van der Waals surface area contributed by atoms with Crippen LogP contribution in [0.1, 0.15) is 0 Å². The molecule has 17 heteroatoms. The van der Waals surface area contributed by atoms with E-state index in [-0.39, 0.29) is 50.1 Å². The first-order valence-corrected chi connectivity index (χ1v) is 16.4. The Labute approximate surface area is 141 Å². The van der Waals surface area contributed by atoms with Crippen LogP contribution in [0.15, 0.2) is 0 Å². The average molecular weight is 859 g/mol. The van der Waals surface area contributed by atoms with E-state index < -0.39 is 50.2 Å². The zero-order valence-electron chi connectivity index (χ0n) is 7.28. The van der Waals surface area contributed by atoms with Gasteiger partial charge in [0, 0.05) is 0 Å². The van der Waals surface area contributed by atoms with Crippen molar-refractivity contribution >= 4 is 17.4 Å². The number of hydrogen-bond donors (Lipinski definition) is 0. The molecule has 12 nitrogen and oxygen atoms in total. The summed E-state index contributed by atoms with van der Waals surface area (Å²) in [4.78, 5) is 0. The van der Waals surface area contributed by atoms with Gasteiger partial charge in [-0.15, -0.1) is 0 Å². The maximum Gasteiger partial charge on any atom is 3.00 e. The van der Waals surface area contributed by atoms with E-state index in [0.29, 0.717) is 0 Å². The van der Waals surface area contributed by atoms with Gasteiger partial charge in [0.2, 0.25) is 0 Å². The van der Waals surface area contributed by atoms with E-state index in [1.54, 1.807) is 0 Å². The van der Waals surface area contributed by atoms with Crippen LogP contribution in [-0.4, -0.2) is 17.4 Å². The van der Waals surface area contributed by atoms with E-state index in [1.165, 1.54) is 0 Å². The predicted octanol–water partition coefficient (Wildman–Crippen LogP) is -8.24. The quantitative estimate of drug-likeness (QED) is 0.207. The van der Waals surface area contributed by atoms with E-state index in [9.17, 15) is 0 Å². The van der Waals surface area contributed by atoms with Crippen LogP contribution in [0.5, 0.6) is 0 Å². The molecule has 0 aliphatic rings. The van der Waals surface area contributed by atoms with E-state index in [2.05, 4.69) is 0 Å². The Morgan fingerprint density at radius 3 is 0.471 bits per heavy atom. The van der Waals surface area contributed by atoms with Crippen LogP contribution in [0.4, 0.5) is 0 Å². The number of hydrogen-bond acceptors (Lipinski definition) is 12. The van der Waals surface area contributed by atoms with Gasteiger partial charge in [-0.3, -0.25) is 0 Å². The molecule has 0 spiro atoms. The van der Waals surface area contributed by atoms with E-state index in [1.807, 2.05) is 0 Å². The van der Waals surface area contributed by atoms with Crippen LogP contribution >= 0.6 is 0 Å². The summed E-state index contributed by atoms with van der Waals surface area (Å²) in [6.45, 7) is 0. The van der Waals surface area contributed by atoms with Crippen molar-refractivity contribution in [3.8, 4) is 0 Å². The average Bonchev–Trinajstić information content (AvgIpc) is 1.41. The third kappa shape index (κ3) is 944. The summed E-state index contributed by atoms with van der Waals surface area (Å²) in [5, 5.41) is 0. The van der Waals surface area contributed by atoms with Crippen molar-refractivity contribution in [2.24, 2.45) is 0 Å². The first kappa shape index (κ1) is 31.6. The third-order valence-electron chi connectivity index (χ3n) is 0. The molecule has 0 heterocycles. The topological polar surface area (TPSA) is 241 Å². The van der Waals surface area contributed by atoms with Gasteiger partial charge in [-0.05, 0) is 0 Å². The first-order valence-electron chi connectivity index (χ1n) is 2.00. The number of rotatable bonds is 0. The van der Waals surface area contributed by atoms with Crippen molar-refractivity contribution in [1.29, 1.82) is 0 Å². The summed E-state index contributed by atoms with van der Waals surface area (Å²) in [6, 6.07) is 0. The van der Waals surface area contributed by atoms with E-state index in [0.717, 1.165) is 0 Å². The summed E-state index contributed by atoms with van der Waals surface area (Å²) in [7, 11) is 0. The normalized spacial score (nSPS) is 10.2. The largest absolute Gasteiger partial charge is 3.00 e. The summed E-state index contributed by atoms with van der Waals surface area (Å²) in [5.41, 5.74) is 0. The fourth-order valence-corrected chi connectivity index (χ4v) is 0. The maximum absolute atomic E-state index is 8.65. The molecule has 0 N–H and O–H groups in total. The fraction of sp³-hybridized carbons (Fsp3) is 0. The molecule has 0 fully saturated rings. The molecule has 0 aromatic carbocycles. The molecular weight excluding hydrogens is 859 g/mol. The summed E-state index contributed by atoms with van der Waals surface area (Å²) in [5.74, 6) is 0. The van der Waals surface area contributed by atoms with Crippen LogP contribution in [-0.2, 0) is 103 Å². The monoisotopic (exact) mass is 860 g/mol. The van der Waals surface area contributed by atoms with Gasteiger partial charge in [0.15, 0.2) is 0 Å². The first-order chi connectivity index (χ1) is 6.00. The predicted molar refractivity (Wildman–Crippen MR) is 9.87 cm³/mol. The van der Waals surface area contributed by atoms with Gasteiger partial charge in [0.1, 0.15) is 0 Å². The minimum Gasteiger partial charge on any atom is 3.00 e. The Morgan fingerprint density at radius 2 is 0.471 bits per heavy atom. The van der Waals surface area contributed by atoms with Crippen LogP contribution in [0.2, 0.25) is 0 Å². The summed E-state index contributed by atoms with van der Waals surface area (Å²) >= 11 is -18.5. The molecular formula is AlO12W3Y. The van der Waals surface area contributed by atoms with Gasteiger partial charge in [0.05, 0.1) is 0 Å². The van der Waals surface area contributed by atoms with Crippen molar-refractivity contribution in [1.82, 2.24) is 0 Å². The standard InChI is InChI=1S/Al.12O.3W.Y/q+3;;;;;;;6*-1;;;;+3. The molecule has 0 aromatic rings. The second-order valence-electron chi connectivity index (χ2n) is 1.22. The van der Waals surface area contributed by atoms with Gasteiger partial charge in [0.25, 0.3) is 0 Å². The minimum atomic E-state index is -6.17. The molecule has 0 aliphatic carbocycles. The van der Waals surface area contributed by atoms with Crippen molar-refractivity contribution in [3.05, 3.63) is 0 Å². The van der Waals surface area contributed by atoms with Crippen LogP contribution in [0.3, 0.4) is 0 Å². The van der Waals surface area contributed by atoms with E-state index in [4.69, 9.17) is 42.9 Å². The van der Waals surface area contributed by atoms with E-state index >= 15 is 0 Å². The third-order valence-corrected chi connectivity index (χ3v) is 0. The van der Waals surface area contributed by atoms with Crippen LogP contribution in [0, 0.1) is 0 Å². The second-order valence-corrected chi connectivity index (χ2v) is 10.0. The molecule has 96 valence electrons. The van der Waals surface area contributed by atoms with Gasteiger partial charge in [-0.1, -0.05) is 0 Å². The van der Waals surface area contributed by atoms with Crippen LogP contribution < -0.4 is 22.6 Å². The molecule has 0 saturated carbocycles. The van der Waals surface area contributed by atoms with Crippen LogP contribution in [0.25, 0.3) is 0 Å². The van der Waals surface area contributed by atoms with Crippen molar-refractivity contribution < 1.29 is 126 Å². The van der Waals surface area contributed by atoms with Gasteiger partial charge >= 0.3 is 143 Å². The summed E-state index contributed by atoms with van der Waals surface area (Å²) in [6.07, 6.45) is 0. The Hall–Kier alpha value is 2.26. The minimum absolute atomic E-state index is 0. The van der Waals surface area contributed by atoms with Gasteiger partial charge in [-0.2, -0.15) is 0 Å². The molecule has 0 amide bonds. The molecule has 0 unspecified atom stereocenters. The Kier molecular flexibility index (Phi) is 24.6. The zero-order chi connectivity index (χ0) is 13.5. The van der Waals surface area contributed by atoms with Crippen molar-refractivity contribution in [3.63, 3.8) is 0 Å². The Morgan fingerprint density at radius 1 is 0.471 bits per heavy atom. The smallest absolute Gasteiger partial charge is 3.00 e. The zero-order valence-corrected chi connectivity index (χ0v) is 20.1. The van der Waals surface area contributed by atoms with Gasteiger partial charge in [-0.25, -0.2) is 0 Å². The SMILES string of the molecule is [Al+3].[O]=[W](=[O])([O-])[O-].[O]=[W](=[O])([O-])[O-].[O]=[W](=[O])([O-])[O-].[Y+3]. The molecule has 17 heavy (non-hydrogen) atoms. The molecule has 0 atom stereocenters. The molecule has 0 aliphatic heterocycles. The second kappa shape index (κ2) is 13.3. The molecule has 0 saturated heterocycles. The molecule has 0 aromatic heterocycles. The van der Waals surface area contributed by atoms with Gasteiger partial charge < -0.3 is 0 Å². The molecule has 0 bridgehead atoms. The van der Waals surface area contributed by atoms with Crippen molar-refractivity contribution in [2.45, 2.75) is 0 Å².